The minimum absolute atomic E-state index is 0.151. The number of hydrogen-bond donors (Lipinski definition) is 0. The predicted octanol–water partition coefficient (Wildman–Crippen LogP) is 3.06. The highest BCUT2D eigenvalue weighted by Gasteiger charge is 2.47. The first-order chi connectivity index (χ1) is 12.0. The number of para-hydroxylation sites is 2. The summed E-state index contributed by atoms with van der Waals surface area (Å²) in [5.41, 5.74) is 2.12. The minimum Gasteiger partial charge on any atom is -0.345 e. The van der Waals surface area contributed by atoms with Crippen LogP contribution in [0.2, 0.25) is 0 Å². The van der Waals surface area contributed by atoms with Gasteiger partial charge >= 0.3 is 0 Å². The number of rotatable bonds is 3. The Morgan fingerprint density at radius 2 is 2.00 bits per heavy atom. The van der Waals surface area contributed by atoms with Crippen molar-refractivity contribution in [2.75, 3.05) is 26.7 Å². The summed E-state index contributed by atoms with van der Waals surface area (Å²) in [5, 5.41) is 0. The van der Waals surface area contributed by atoms with Crippen molar-refractivity contribution in [1.82, 2.24) is 19.4 Å². The average molecular weight is 340 g/mol. The number of benzene rings is 1. The summed E-state index contributed by atoms with van der Waals surface area (Å²) in [6, 6.07) is 8.74. The summed E-state index contributed by atoms with van der Waals surface area (Å²) in [4.78, 5) is 22.0. The Kier molecular flexibility index (Phi) is 4.07. The summed E-state index contributed by atoms with van der Waals surface area (Å²) in [6.45, 7) is 8.01. The molecule has 1 aromatic carbocycles. The average Bonchev–Trinajstić information content (AvgIpc) is 3.14. The van der Waals surface area contributed by atoms with Crippen molar-refractivity contribution >= 4 is 16.9 Å². The van der Waals surface area contributed by atoms with Crippen LogP contribution < -0.4 is 0 Å². The number of nitrogens with zero attached hydrogens (tertiary/aromatic N) is 4. The van der Waals surface area contributed by atoms with E-state index in [9.17, 15) is 4.79 Å². The first kappa shape index (κ1) is 16.6. The highest BCUT2D eigenvalue weighted by Crippen LogP contribution is 2.40. The number of carbonyl (C=O) groups is 1. The van der Waals surface area contributed by atoms with Gasteiger partial charge in [-0.15, -0.1) is 0 Å². The first-order valence-electron chi connectivity index (χ1n) is 9.44. The molecule has 1 atom stereocenters. The van der Waals surface area contributed by atoms with Crippen LogP contribution in [0, 0.1) is 5.41 Å². The van der Waals surface area contributed by atoms with E-state index in [4.69, 9.17) is 4.98 Å². The molecule has 1 aromatic heterocycles. The molecule has 0 aliphatic carbocycles. The maximum absolute atomic E-state index is 12.7. The summed E-state index contributed by atoms with van der Waals surface area (Å²) in [7, 11) is 1.95. The number of imidazole rings is 1. The zero-order chi connectivity index (χ0) is 17.6. The lowest BCUT2D eigenvalue weighted by Gasteiger charge is -2.37. The second-order valence-electron chi connectivity index (χ2n) is 8.05. The SMILES string of the molecule is CC(C)n1c(CN2CC[C@@]3(CCCN(C)C3=O)C2)nc2ccccc21. The van der Waals surface area contributed by atoms with Gasteiger partial charge in [0, 0.05) is 26.2 Å². The molecule has 2 fully saturated rings. The number of aromatic nitrogens is 2. The van der Waals surface area contributed by atoms with Gasteiger partial charge in [0.2, 0.25) is 5.91 Å². The van der Waals surface area contributed by atoms with Gasteiger partial charge in [-0.2, -0.15) is 0 Å². The molecule has 1 amide bonds. The highest BCUT2D eigenvalue weighted by atomic mass is 16.2. The molecule has 3 heterocycles. The van der Waals surface area contributed by atoms with E-state index in [0.29, 0.717) is 11.9 Å². The Hall–Kier alpha value is -1.88. The van der Waals surface area contributed by atoms with Crippen molar-refractivity contribution in [1.29, 1.82) is 0 Å². The maximum atomic E-state index is 12.7. The largest absolute Gasteiger partial charge is 0.345 e. The Bertz CT molecular complexity index is 796. The van der Waals surface area contributed by atoms with Gasteiger partial charge in [-0.05, 0) is 51.8 Å². The third kappa shape index (κ3) is 2.74. The zero-order valence-electron chi connectivity index (χ0n) is 15.5. The van der Waals surface area contributed by atoms with Gasteiger partial charge < -0.3 is 9.47 Å². The molecule has 4 rings (SSSR count). The quantitative estimate of drug-likeness (QED) is 0.862. The van der Waals surface area contributed by atoms with E-state index in [0.717, 1.165) is 56.8 Å². The Morgan fingerprint density at radius 1 is 1.20 bits per heavy atom. The van der Waals surface area contributed by atoms with Crippen molar-refractivity contribution in [3.63, 3.8) is 0 Å². The second kappa shape index (κ2) is 6.13. The molecule has 1 spiro atoms. The number of fused-ring (bicyclic) bond motifs is 1. The van der Waals surface area contributed by atoms with E-state index in [1.54, 1.807) is 0 Å². The third-order valence-corrected chi connectivity index (χ3v) is 5.93. The maximum Gasteiger partial charge on any atom is 0.229 e. The van der Waals surface area contributed by atoms with E-state index >= 15 is 0 Å². The van der Waals surface area contributed by atoms with Gasteiger partial charge in [0.05, 0.1) is 23.0 Å². The summed E-state index contributed by atoms with van der Waals surface area (Å²) in [5.74, 6) is 1.46. The van der Waals surface area contributed by atoms with E-state index in [2.05, 4.69) is 41.5 Å². The van der Waals surface area contributed by atoms with Gasteiger partial charge in [0.25, 0.3) is 0 Å². The molecule has 5 heteroatoms. The molecule has 0 radical (unpaired) electrons. The van der Waals surface area contributed by atoms with E-state index in [1.165, 1.54) is 5.52 Å². The van der Waals surface area contributed by atoms with Crippen LogP contribution in [-0.2, 0) is 11.3 Å². The minimum atomic E-state index is -0.151. The molecule has 25 heavy (non-hydrogen) atoms. The second-order valence-corrected chi connectivity index (χ2v) is 8.05. The van der Waals surface area contributed by atoms with E-state index in [-0.39, 0.29) is 5.41 Å². The van der Waals surface area contributed by atoms with Gasteiger partial charge in [0.15, 0.2) is 0 Å². The molecule has 2 saturated heterocycles. The van der Waals surface area contributed by atoms with Crippen LogP contribution in [0.3, 0.4) is 0 Å². The standard InChI is InChI=1S/C20H28N4O/c1-15(2)24-17-8-5-4-7-16(17)21-18(24)13-23-12-10-20(14-23)9-6-11-22(3)19(20)25/h4-5,7-8,15H,6,9-14H2,1-3H3/t20-/m0/s1. The van der Waals surface area contributed by atoms with Gasteiger partial charge in [-0.3, -0.25) is 9.69 Å². The van der Waals surface area contributed by atoms with E-state index in [1.807, 2.05) is 18.0 Å². The summed E-state index contributed by atoms with van der Waals surface area (Å²) in [6.07, 6.45) is 3.14. The molecule has 0 bridgehead atoms. The van der Waals surface area contributed by atoms with Crippen LogP contribution in [0.15, 0.2) is 24.3 Å². The molecule has 2 aliphatic rings. The lowest BCUT2D eigenvalue weighted by molar-refractivity contribution is -0.143. The molecule has 0 N–H and O–H groups in total. The van der Waals surface area contributed by atoms with Crippen LogP contribution in [-0.4, -0.2) is 51.9 Å². The smallest absolute Gasteiger partial charge is 0.229 e. The van der Waals surface area contributed by atoms with Crippen molar-refractivity contribution in [2.45, 2.75) is 45.7 Å². The van der Waals surface area contributed by atoms with Crippen LogP contribution >= 0.6 is 0 Å². The highest BCUT2D eigenvalue weighted by molar-refractivity contribution is 5.84. The van der Waals surface area contributed by atoms with E-state index < -0.39 is 0 Å². The van der Waals surface area contributed by atoms with Gasteiger partial charge in [-0.25, -0.2) is 4.98 Å². The monoisotopic (exact) mass is 340 g/mol. The Labute approximate surface area is 149 Å². The van der Waals surface area contributed by atoms with Crippen molar-refractivity contribution in [3.8, 4) is 0 Å². The predicted molar refractivity (Wildman–Crippen MR) is 99.3 cm³/mol. The third-order valence-electron chi connectivity index (χ3n) is 5.93. The van der Waals surface area contributed by atoms with Crippen LogP contribution in [0.25, 0.3) is 11.0 Å². The van der Waals surface area contributed by atoms with Crippen LogP contribution in [0.1, 0.15) is 45.0 Å². The number of hydrogen-bond acceptors (Lipinski definition) is 3. The van der Waals surface area contributed by atoms with Crippen molar-refractivity contribution < 1.29 is 4.79 Å². The number of carbonyl (C=O) groups excluding carboxylic acids is 1. The lowest BCUT2D eigenvalue weighted by Crippen LogP contribution is -2.48. The zero-order valence-corrected chi connectivity index (χ0v) is 15.5. The number of likely N-dealkylation sites (tertiary alicyclic amines) is 2. The molecule has 5 nitrogen and oxygen atoms in total. The fraction of sp³-hybridized carbons (Fsp3) is 0.600. The molecule has 134 valence electrons. The first-order valence-corrected chi connectivity index (χ1v) is 9.44. The van der Waals surface area contributed by atoms with Gasteiger partial charge in [0.1, 0.15) is 5.82 Å². The normalized spacial score (nSPS) is 25.0. The topological polar surface area (TPSA) is 41.4 Å². The van der Waals surface area contributed by atoms with Crippen molar-refractivity contribution in [2.24, 2.45) is 5.41 Å². The summed E-state index contributed by atoms with van der Waals surface area (Å²) >= 11 is 0. The fourth-order valence-corrected chi connectivity index (χ4v) is 4.72. The van der Waals surface area contributed by atoms with Gasteiger partial charge in [-0.1, -0.05) is 12.1 Å². The van der Waals surface area contributed by atoms with Crippen molar-refractivity contribution in [3.05, 3.63) is 30.1 Å². The Balaban J connectivity index is 1.58. The fourth-order valence-electron chi connectivity index (χ4n) is 4.72. The molecular formula is C20H28N4O. The molecule has 2 aliphatic heterocycles. The Morgan fingerprint density at radius 3 is 2.80 bits per heavy atom. The number of amides is 1. The molecule has 2 aromatic rings. The molecule has 0 saturated carbocycles. The number of piperidine rings is 1. The van der Waals surface area contributed by atoms with Crippen LogP contribution in [0.5, 0.6) is 0 Å². The lowest BCUT2D eigenvalue weighted by atomic mass is 9.78. The summed E-state index contributed by atoms with van der Waals surface area (Å²) < 4.78 is 2.34. The molecular weight excluding hydrogens is 312 g/mol. The van der Waals surface area contributed by atoms with Crippen LogP contribution in [0.4, 0.5) is 0 Å². The molecule has 0 unspecified atom stereocenters.